The van der Waals surface area contributed by atoms with Crippen LogP contribution in [-0.2, 0) is 4.74 Å². The number of aliphatic hydroxyl groups excluding tert-OH is 1. The predicted octanol–water partition coefficient (Wildman–Crippen LogP) is 5.06. The van der Waals surface area contributed by atoms with Gasteiger partial charge in [-0.25, -0.2) is 0 Å². The number of hydrogen-bond donors (Lipinski definition) is 1. The van der Waals surface area contributed by atoms with E-state index in [1.165, 1.54) is 22.1 Å². The number of hydrogen-bond acceptors (Lipinski definition) is 5. The van der Waals surface area contributed by atoms with E-state index in [1.807, 2.05) is 6.07 Å². The maximum atomic E-state index is 10.5. The molecule has 0 amide bonds. The van der Waals surface area contributed by atoms with E-state index in [4.69, 9.17) is 4.74 Å². The Morgan fingerprint density at radius 2 is 2.09 bits per heavy atom. The summed E-state index contributed by atoms with van der Waals surface area (Å²) in [6.45, 7) is 8.40. The molecule has 2 atom stereocenters. The van der Waals surface area contributed by atoms with Crippen LogP contribution in [0.3, 0.4) is 0 Å². The number of aliphatic hydroxyl groups is 1. The van der Waals surface area contributed by atoms with E-state index in [9.17, 15) is 5.11 Å². The molecule has 0 saturated carbocycles. The van der Waals surface area contributed by atoms with E-state index in [0.29, 0.717) is 19.3 Å². The number of likely N-dealkylation sites (N-methyl/N-ethyl adjacent to an activating group) is 1. The topological polar surface area (TPSA) is 35.9 Å². The number of benzene rings is 2. The number of thiophene rings is 1. The third-order valence-corrected chi connectivity index (χ3v) is 7.20. The molecule has 2 heterocycles. The molecule has 1 aromatic heterocycles. The highest BCUT2D eigenvalue weighted by Gasteiger charge is 2.26. The van der Waals surface area contributed by atoms with Crippen LogP contribution in [0.2, 0.25) is 0 Å². The molecular formula is C27H34N2O2S. The lowest BCUT2D eigenvalue weighted by atomic mass is 10.1. The summed E-state index contributed by atoms with van der Waals surface area (Å²) in [7, 11) is 0. The van der Waals surface area contributed by atoms with Gasteiger partial charge in [-0.3, -0.25) is 9.80 Å². The number of fused-ring (bicyclic) bond motifs is 1. The molecular weight excluding hydrogens is 416 g/mol. The van der Waals surface area contributed by atoms with E-state index in [1.54, 1.807) is 11.3 Å². The van der Waals surface area contributed by atoms with Gasteiger partial charge in [-0.05, 0) is 53.1 Å². The maximum Gasteiger partial charge on any atom is 0.102 e. The first-order valence-electron chi connectivity index (χ1n) is 11.6. The van der Waals surface area contributed by atoms with Crippen molar-refractivity contribution in [1.29, 1.82) is 0 Å². The molecule has 2 aromatic carbocycles. The summed E-state index contributed by atoms with van der Waals surface area (Å²) in [4.78, 5) is 5.04. The minimum atomic E-state index is -0.576. The van der Waals surface area contributed by atoms with Gasteiger partial charge in [0.05, 0.1) is 13.2 Å². The second-order valence-electron chi connectivity index (χ2n) is 8.45. The summed E-state index contributed by atoms with van der Waals surface area (Å²) < 4.78 is 7.11. The molecule has 4 nitrogen and oxygen atoms in total. The number of likely N-dealkylation sites (tertiary alicyclic amines) is 1. The Kier molecular flexibility index (Phi) is 8.49. The molecule has 1 saturated heterocycles. The predicted molar refractivity (Wildman–Crippen MR) is 135 cm³/mol. The van der Waals surface area contributed by atoms with Crippen LogP contribution >= 0.6 is 11.3 Å². The Bertz CT molecular complexity index is 987. The highest BCUT2D eigenvalue weighted by atomic mass is 32.1. The van der Waals surface area contributed by atoms with Crippen molar-refractivity contribution in [3.63, 3.8) is 0 Å². The van der Waals surface area contributed by atoms with Gasteiger partial charge < -0.3 is 9.84 Å². The van der Waals surface area contributed by atoms with Gasteiger partial charge in [0.15, 0.2) is 0 Å². The highest BCUT2D eigenvalue weighted by Crippen LogP contribution is 2.25. The molecule has 32 heavy (non-hydrogen) atoms. The van der Waals surface area contributed by atoms with Crippen molar-refractivity contribution in [1.82, 2.24) is 9.80 Å². The van der Waals surface area contributed by atoms with Gasteiger partial charge in [-0.2, -0.15) is 0 Å². The third-order valence-electron chi connectivity index (χ3n) is 6.30. The van der Waals surface area contributed by atoms with Crippen molar-refractivity contribution >= 4 is 27.5 Å². The molecule has 170 valence electrons. The van der Waals surface area contributed by atoms with E-state index in [0.717, 1.165) is 38.3 Å². The van der Waals surface area contributed by atoms with Crippen molar-refractivity contribution in [2.45, 2.75) is 25.5 Å². The molecule has 1 aliphatic rings. The average molecular weight is 451 g/mol. The first kappa shape index (κ1) is 23.1. The molecule has 0 spiro atoms. The molecule has 5 heteroatoms. The smallest absolute Gasteiger partial charge is 0.102 e. The average Bonchev–Trinajstić information content (AvgIpc) is 3.49. The maximum absolute atomic E-state index is 10.5. The zero-order valence-corrected chi connectivity index (χ0v) is 19.7. The molecule has 2 unspecified atom stereocenters. The van der Waals surface area contributed by atoms with Gasteiger partial charge >= 0.3 is 0 Å². The van der Waals surface area contributed by atoms with E-state index in [2.05, 4.69) is 82.8 Å². The van der Waals surface area contributed by atoms with Gasteiger partial charge in [0.25, 0.3) is 0 Å². The first-order chi connectivity index (χ1) is 15.7. The normalized spacial score (nSPS) is 18.3. The van der Waals surface area contributed by atoms with Crippen LogP contribution in [0.4, 0.5) is 0 Å². The molecule has 0 aliphatic carbocycles. The largest absolute Gasteiger partial charge is 0.386 e. The van der Waals surface area contributed by atoms with Crippen molar-refractivity contribution < 1.29 is 9.84 Å². The molecule has 1 N–H and O–H groups in total. The van der Waals surface area contributed by atoms with Gasteiger partial charge in [-0.15, -0.1) is 11.3 Å². The van der Waals surface area contributed by atoms with Crippen molar-refractivity contribution in [2.24, 2.45) is 0 Å². The molecule has 4 rings (SSSR count). The molecule has 1 aliphatic heterocycles. The van der Waals surface area contributed by atoms with E-state index in [-0.39, 0.29) is 0 Å². The van der Waals surface area contributed by atoms with Crippen LogP contribution in [0, 0.1) is 0 Å². The van der Waals surface area contributed by atoms with Crippen LogP contribution in [0.1, 0.15) is 30.6 Å². The third kappa shape index (κ3) is 6.27. The number of ether oxygens (including phenoxy) is 1. The lowest BCUT2D eigenvalue weighted by molar-refractivity contribution is 0.0225. The Morgan fingerprint density at radius 1 is 1.22 bits per heavy atom. The summed E-state index contributed by atoms with van der Waals surface area (Å²) in [6, 6.07) is 19.3. The SMILES string of the molecule is CCN(CCOCC(O)c1ccc2sccc2c1)C1CCN(C/C=C/c2ccccc2)C1. The zero-order chi connectivity index (χ0) is 22.2. The zero-order valence-electron chi connectivity index (χ0n) is 18.9. The Labute approximate surface area is 195 Å². The van der Waals surface area contributed by atoms with Crippen LogP contribution < -0.4 is 0 Å². The molecule has 0 radical (unpaired) electrons. The van der Waals surface area contributed by atoms with Crippen LogP contribution in [0.25, 0.3) is 16.2 Å². The van der Waals surface area contributed by atoms with Gasteiger partial charge in [0, 0.05) is 36.9 Å². The Morgan fingerprint density at radius 3 is 2.94 bits per heavy atom. The fourth-order valence-corrected chi connectivity index (χ4v) is 5.21. The summed E-state index contributed by atoms with van der Waals surface area (Å²) in [5.74, 6) is 0. The quantitative estimate of drug-likeness (QED) is 0.414. The van der Waals surface area contributed by atoms with Crippen LogP contribution in [0.15, 0.2) is 66.1 Å². The van der Waals surface area contributed by atoms with Gasteiger partial charge in [0.2, 0.25) is 0 Å². The highest BCUT2D eigenvalue weighted by molar-refractivity contribution is 7.17. The lowest BCUT2D eigenvalue weighted by Crippen LogP contribution is -2.39. The molecule has 1 fully saturated rings. The summed E-state index contributed by atoms with van der Waals surface area (Å²) >= 11 is 1.72. The standard InChI is InChI=1S/C27H34N2O2S/c1-2-29(25-12-15-28(20-25)14-6-9-22-7-4-3-5-8-22)16-17-31-21-26(30)23-10-11-27-24(19-23)13-18-32-27/h3-11,13,18-19,25-26,30H,2,12,14-17,20-21H2,1H3/b9-6+. The summed E-state index contributed by atoms with van der Waals surface area (Å²) in [5, 5.41) is 13.8. The molecule has 3 aromatic rings. The second-order valence-corrected chi connectivity index (χ2v) is 9.40. The Hall–Kier alpha value is -2.02. The van der Waals surface area contributed by atoms with Crippen molar-refractivity contribution in [3.8, 4) is 0 Å². The summed E-state index contributed by atoms with van der Waals surface area (Å²) in [5.41, 5.74) is 2.19. The lowest BCUT2D eigenvalue weighted by Gasteiger charge is -2.27. The van der Waals surface area contributed by atoms with Crippen molar-refractivity contribution in [2.75, 3.05) is 45.9 Å². The second kappa shape index (κ2) is 11.7. The monoisotopic (exact) mass is 450 g/mol. The Balaban J connectivity index is 1.17. The van der Waals surface area contributed by atoms with Gasteiger partial charge in [0.1, 0.15) is 6.10 Å². The fourth-order valence-electron chi connectivity index (χ4n) is 4.44. The number of nitrogens with zero attached hydrogens (tertiary/aromatic N) is 2. The van der Waals surface area contributed by atoms with Gasteiger partial charge in [-0.1, -0.05) is 55.5 Å². The van der Waals surface area contributed by atoms with Crippen molar-refractivity contribution in [3.05, 3.63) is 77.2 Å². The van der Waals surface area contributed by atoms with Crippen LogP contribution in [0.5, 0.6) is 0 Å². The summed E-state index contributed by atoms with van der Waals surface area (Å²) in [6.07, 6.45) is 5.11. The minimum Gasteiger partial charge on any atom is -0.386 e. The van der Waals surface area contributed by atoms with E-state index < -0.39 is 6.10 Å². The van der Waals surface area contributed by atoms with E-state index >= 15 is 0 Å². The van der Waals surface area contributed by atoms with Crippen LogP contribution in [-0.4, -0.2) is 66.9 Å². The number of rotatable bonds is 11. The minimum absolute atomic E-state index is 0.342. The fraction of sp³-hybridized carbons (Fsp3) is 0.407. The first-order valence-corrected chi connectivity index (χ1v) is 12.5. The molecule has 0 bridgehead atoms.